The van der Waals surface area contributed by atoms with E-state index in [4.69, 9.17) is 4.42 Å². The van der Waals surface area contributed by atoms with Gasteiger partial charge >= 0.3 is 0 Å². The summed E-state index contributed by atoms with van der Waals surface area (Å²) < 4.78 is 7.10. The molecular formula is C27H26N4O3. The first-order valence-electron chi connectivity index (χ1n) is 11.2. The number of anilines is 1. The highest BCUT2D eigenvalue weighted by Gasteiger charge is 2.49. The van der Waals surface area contributed by atoms with Crippen LogP contribution in [0.4, 0.5) is 5.69 Å². The Kier molecular flexibility index (Phi) is 5.32. The Morgan fingerprint density at radius 2 is 1.88 bits per heavy atom. The van der Waals surface area contributed by atoms with E-state index >= 15 is 0 Å². The van der Waals surface area contributed by atoms with Gasteiger partial charge in [-0.05, 0) is 55.7 Å². The zero-order valence-electron chi connectivity index (χ0n) is 19.4. The van der Waals surface area contributed by atoms with E-state index in [1.54, 1.807) is 41.0 Å². The summed E-state index contributed by atoms with van der Waals surface area (Å²) in [6, 6.07) is 20.9. The quantitative estimate of drug-likeness (QED) is 0.482. The lowest BCUT2D eigenvalue weighted by atomic mass is 9.92. The van der Waals surface area contributed by atoms with Crippen LogP contribution >= 0.6 is 0 Å². The van der Waals surface area contributed by atoms with Crippen LogP contribution in [0.25, 0.3) is 11.5 Å². The zero-order chi connectivity index (χ0) is 23.9. The highest BCUT2D eigenvalue weighted by atomic mass is 16.3. The van der Waals surface area contributed by atoms with Crippen LogP contribution < -0.4 is 10.2 Å². The van der Waals surface area contributed by atoms with Crippen LogP contribution in [-0.2, 0) is 17.9 Å². The number of fused-ring (bicyclic) bond motifs is 1. The van der Waals surface area contributed by atoms with Crippen molar-refractivity contribution in [1.82, 2.24) is 15.1 Å². The molecule has 0 fully saturated rings. The number of rotatable bonds is 5. The van der Waals surface area contributed by atoms with E-state index in [1.165, 1.54) is 0 Å². The number of hydrogen-bond acceptors (Lipinski definition) is 4. The molecule has 1 atom stereocenters. The maximum Gasteiger partial charge on any atom is 0.277 e. The van der Waals surface area contributed by atoms with E-state index in [-0.39, 0.29) is 18.4 Å². The van der Waals surface area contributed by atoms with Crippen LogP contribution in [0.15, 0.2) is 77.4 Å². The fourth-order valence-electron chi connectivity index (χ4n) is 4.43. The molecule has 1 aliphatic rings. The molecule has 172 valence electrons. The molecule has 0 saturated heterocycles. The van der Waals surface area contributed by atoms with E-state index in [0.717, 1.165) is 16.7 Å². The molecule has 34 heavy (non-hydrogen) atoms. The summed E-state index contributed by atoms with van der Waals surface area (Å²) in [5.74, 6) is 0.0529. The van der Waals surface area contributed by atoms with Gasteiger partial charge in [0.05, 0.1) is 12.8 Å². The fourth-order valence-corrected chi connectivity index (χ4v) is 4.43. The molecule has 5 rings (SSSR count). The fraction of sp³-hybridized carbons (Fsp3) is 0.222. The molecule has 0 radical (unpaired) electrons. The van der Waals surface area contributed by atoms with E-state index in [1.807, 2.05) is 62.4 Å². The van der Waals surface area contributed by atoms with Crippen molar-refractivity contribution in [3.05, 3.63) is 95.4 Å². The first-order chi connectivity index (χ1) is 16.4. The number of carbonyl (C=O) groups excluding carboxylic acids is 2. The van der Waals surface area contributed by atoms with Crippen molar-refractivity contribution in [2.24, 2.45) is 0 Å². The van der Waals surface area contributed by atoms with Crippen molar-refractivity contribution in [2.45, 2.75) is 39.4 Å². The van der Waals surface area contributed by atoms with Crippen molar-refractivity contribution in [2.75, 3.05) is 4.90 Å². The molecule has 1 unspecified atom stereocenters. The lowest BCUT2D eigenvalue weighted by molar-refractivity contribution is -0.126. The Morgan fingerprint density at radius 1 is 1.09 bits per heavy atom. The van der Waals surface area contributed by atoms with Gasteiger partial charge < -0.3 is 9.73 Å². The van der Waals surface area contributed by atoms with E-state index in [0.29, 0.717) is 29.4 Å². The molecule has 2 aromatic carbocycles. The van der Waals surface area contributed by atoms with Crippen LogP contribution in [0, 0.1) is 13.8 Å². The van der Waals surface area contributed by atoms with E-state index < -0.39 is 5.54 Å². The monoisotopic (exact) mass is 454 g/mol. The van der Waals surface area contributed by atoms with Crippen molar-refractivity contribution < 1.29 is 14.0 Å². The second kappa shape index (κ2) is 8.33. The molecule has 2 amide bonds. The molecule has 0 spiro atoms. The molecule has 7 nitrogen and oxygen atoms in total. The molecule has 1 aliphatic heterocycles. The van der Waals surface area contributed by atoms with Crippen LogP contribution in [-0.4, -0.2) is 27.1 Å². The first-order valence-corrected chi connectivity index (χ1v) is 11.2. The van der Waals surface area contributed by atoms with Gasteiger partial charge in [0.25, 0.3) is 5.91 Å². The lowest BCUT2D eigenvalue weighted by Crippen LogP contribution is -2.64. The highest BCUT2D eigenvalue weighted by Crippen LogP contribution is 2.36. The summed E-state index contributed by atoms with van der Waals surface area (Å²) >= 11 is 0. The van der Waals surface area contributed by atoms with Gasteiger partial charge in [0.2, 0.25) is 5.91 Å². The van der Waals surface area contributed by atoms with Gasteiger partial charge in [0, 0.05) is 18.3 Å². The van der Waals surface area contributed by atoms with Gasteiger partial charge in [-0.1, -0.05) is 42.5 Å². The lowest BCUT2D eigenvalue weighted by Gasteiger charge is -2.43. The number of nitrogens with one attached hydrogen (secondary N) is 1. The Morgan fingerprint density at radius 3 is 2.62 bits per heavy atom. The molecule has 0 bridgehead atoms. The Labute approximate surface area is 198 Å². The third kappa shape index (κ3) is 3.69. The Balaban J connectivity index is 1.58. The molecule has 4 aromatic rings. The van der Waals surface area contributed by atoms with Crippen LogP contribution in [0.3, 0.4) is 0 Å². The van der Waals surface area contributed by atoms with Gasteiger partial charge in [-0.3, -0.25) is 19.2 Å². The summed E-state index contributed by atoms with van der Waals surface area (Å²) in [7, 11) is 0. The number of nitrogens with zero attached hydrogens (tertiary/aromatic N) is 3. The largest absolute Gasteiger partial charge is 0.463 e. The van der Waals surface area contributed by atoms with Crippen molar-refractivity contribution in [3.63, 3.8) is 0 Å². The van der Waals surface area contributed by atoms with Crippen molar-refractivity contribution >= 4 is 17.5 Å². The maximum atomic E-state index is 13.9. The normalized spacial score (nSPS) is 17.5. The number of aromatic nitrogens is 2. The van der Waals surface area contributed by atoms with Crippen molar-refractivity contribution in [3.8, 4) is 11.5 Å². The SMILES string of the molecule is Cc1ccc(C)c(N2C(=O)c3cc(-c4ccco4)nn3CC2(C)C(=O)NCc2ccccc2)c1. The Hall–Kier alpha value is -4.13. The minimum Gasteiger partial charge on any atom is -0.463 e. The Bertz CT molecular complexity index is 1360. The second-order valence-electron chi connectivity index (χ2n) is 8.92. The average Bonchev–Trinajstić information content (AvgIpc) is 3.50. The molecule has 1 N–H and O–H groups in total. The number of benzene rings is 2. The summed E-state index contributed by atoms with van der Waals surface area (Å²) in [6.07, 6.45) is 1.57. The molecular weight excluding hydrogens is 428 g/mol. The molecule has 3 heterocycles. The van der Waals surface area contributed by atoms with E-state index in [9.17, 15) is 9.59 Å². The maximum absolute atomic E-state index is 13.9. The molecule has 7 heteroatoms. The summed E-state index contributed by atoms with van der Waals surface area (Å²) in [6.45, 7) is 6.30. The first kappa shape index (κ1) is 21.7. The zero-order valence-corrected chi connectivity index (χ0v) is 19.4. The number of aryl methyl sites for hydroxylation is 2. The minimum atomic E-state index is -1.19. The summed E-state index contributed by atoms with van der Waals surface area (Å²) in [5.41, 5.74) is 3.41. The smallest absolute Gasteiger partial charge is 0.277 e. The standard InChI is InChI=1S/C27H26N4O3/c1-18-11-12-19(2)22(14-18)31-25(32)23-15-21(24-10-7-13-34-24)29-30(23)17-27(31,3)26(33)28-16-20-8-5-4-6-9-20/h4-15H,16-17H2,1-3H3,(H,28,33). The van der Waals surface area contributed by atoms with Gasteiger partial charge in [-0.15, -0.1) is 0 Å². The number of carbonyl (C=O) groups is 2. The predicted molar refractivity (Wildman–Crippen MR) is 129 cm³/mol. The number of hydrogen-bond donors (Lipinski definition) is 1. The molecule has 0 saturated carbocycles. The third-order valence-electron chi connectivity index (χ3n) is 6.32. The molecule has 0 aliphatic carbocycles. The second-order valence-corrected chi connectivity index (χ2v) is 8.92. The van der Waals surface area contributed by atoms with Gasteiger partial charge in [0.1, 0.15) is 16.9 Å². The van der Waals surface area contributed by atoms with Gasteiger partial charge in [-0.2, -0.15) is 5.10 Å². The number of amides is 2. The van der Waals surface area contributed by atoms with Gasteiger partial charge in [-0.25, -0.2) is 0 Å². The third-order valence-corrected chi connectivity index (χ3v) is 6.32. The highest BCUT2D eigenvalue weighted by molar-refractivity contribution is 6.12. The summed E-state index contributed by atoms with van der Waals surface area (Å²) in [5, 5.41) is 7.64. The number of furan rings is 1. The minimum absolute atomic E-state index is 0.211. The van der Waals surface area contributed by atoms with Crippen molar-refractivity contribution in [1.29, 1.82) is 0 Å². The van der Waals surface area contributed by atoms with Gasteiger partial charge in [0.15, 0.2) is 5.76 Å². The van der Waals surface area contributed by atoms with Crippen LogP contribution in [0.1, 0.15) is 34.1 Å². The average molecular weight is 455 g/mol. The van der Waals surface area contributed by atoms with E-state index in [2.05, 4.69) is 10.4 Å². The topological polar surface area (TPSA) is 80.4 Å². The summed E-state index contributed by atoms with van der Waals surface area (Å²) in [4.78, 5) is 29.2. The predicted octanol–water partition coefficient (Wildman–Crippen LogP) is 4.50. The van der Waals surface area contributed by atoms with Crippen LogP contribution in [0.5, 0.6) is 0 Å². The van der Waals surface area contributed by atoms with Crippen LogP contribution in [0.2, 0.25) is 0 Å². The molecule has 2 aromatic heterocycles.